The number of halogens is 1. The summed E-state index contributed by atoms with van der Waals surface area (Å²) in [4.78, 5) is 10.9. The van der Waals surface area contributed by atoms with Crippen LogP contribution in [0.5, 0.6) is 0 Å². The van der Waals surface area contributed by atoms with Crippen molar-refractivity contribution in [1.82, 2.24) is 5.32 Å². The molecular formula is C12H17BrN2O. The number of amides is 1. The van der Waals surface area contributed by atoms with Crippen molar-refractivity contribution in [2.24, 2.45) is 5.73 Å². The van der Waals surface area contributed by atoms with E-state index in [4.69, 9.17) is 5.73 Å². The Morgan fingerprint density at radius 2 is 2.19 bits per heavy atom. The van der Waals surface area contributed by atoms with E-state index in [1.165, 1.54) is 5.56 Å². The first kappa shape index (κ1) is 13.2. The lowest BCUT2D eigenvalue weighted by atomic mass is 10.0. The van der Waals surface area contributed by atoms with Gasteiger partial charge in [0, 0.05) is 11.0 Å². The van der Waals surface area contributed by atoms with Gasteiger partial charge in [0.1, 0.15) is 0 Å². The van der Waals surface area contributed by atoms with Crippen molar-refractivity contribution in [3.05, 3.63) is 34.3 Å². The highest BCUT2D eigenvalue weighted by Gasteiger charge is 2.11. The fourth-order valence-corrected chi connectivity index (χ4v) is 1.80. The molecule has 0 fully saturated rings. The molecule has 1 amide bonds. The molecule has 0 saturated carbocycles. The van der Waals surface area contributed by atoms with Crippen LogP contribution in [0.15, 0.2) is 28.7 Å². The predicted octanol–water partition coefficient (Wildman–Crippen LogP) is 2.02. The quantitative estimate of drug-likeness (QED) is 0.869. The van der Waals surface area contributed by atoms with Gasteiger partial charge in [-0.1, -0.05) is 35.0 Å². The zero-order chi connectivity index (χ0) is 12.1. The van der Waals surface area contributed by atoms with Crippen LogP contribution in [0.4, 0.5) is 0 Å². The van der Waals surface area contributed by atoms with Crippen molar-refractivity contribution < 1.29 is 4.79 Å². The Morgan fingerprint density at radius 3 is 2.75 bits per heavy atom. The van der Waals surface area contributed by atoms with E-state index in [1.807, 2.05) is 12.1 Å². The van der Waals surface area contributed by atoms with E-state index in [2.05, 4.69) is 40.3 Å². The molecule has 0 heterocycles. The first-order valence-electron chi connectivity index (χ1n) is 5.29. The molecule has 0 saturated heterocycles. The summed E-state index contributed by atoms with van der Waals surface area (Å²) in [5.41, 5.74) is 6.41. The first-order chi connectivity index (χ1) is 7.50. The Bertz CT molecular complexity index is 368. The zero-order valence-corrected chi connectivity index (χ0v) is 11.1. The van der Waals surface area contributed by atoms with Gasteiger partial charge in [-0.2, -0.15) is 0 Å². The molecule has 4 heteroatoms. The molecule has 16 heavy (non-hydrogen) atoms. The number of hydrogen-bond donors (Lipinski definition) is 2. The topological polar surface area (TPSA) is 55.1 Å². The van der Waals surface area contributed by atoms with E-state index in [-0.39, 0.29) is 11.9 Å². The molecule has 1 aromatic rings. The van der Waals surface area contributed by atoms with Crippen molar-refractivity contribution in [3.63, 3.8) is 0 Å². The summed E-state index contributed by atoms with van der Waals surface area (Å²) < 4.78 is 1.07. The minimum atomic E-state index is -0.318. The minimum absolute atomic E-state index is 0.283. The SMILES string of the molecule is CC(NCC(C)c1cccc(Br)c1)C(N)=O. The maximum Gasteiger partial charge on any atom is 0.234 e. The molecule has 2 atom stereocenters. The van der Waals surface area contributed by atoms with Crippen LogP contribution in [-0.2, 0) is 4.79 Å². The van der Waals surface area contributed by atoms with Crippen molar-refractivity contribution >= 4 is 21.8 Å². The van der Waals surface area contributed by atoms with Crippen molar-refractivity contribution in [3.8, 4) is 0 Å². The van der Waals surface area contributed by atoms with Crippen LogP contribution in [0, 0.1) is 0 Å². The lowest BCUT2D eigenvalue weighted by Gasteiger charge is -2.16. The van der Waals surface area contributed by atoms with Crippen LogP contribution in [0.25, 0.3) is 0 Å². The number of carbonyl (C=O) groups excluding carboxylic acids is 1. The molecule has 1 aromatic carbocycles. The fraction of sp³-hybridized carbons (Fsp3) is 0.417. The van der Waals surface area contributed by atoms with Gasteiger partial charge in [0.25, 0.3) is 0 Å². The standard InChI is InChI=1S/C12H17BrN2O/c1-8(7-15-9(2)12(14)16)10-4-3-5-11(13)6-10/h3-6,8-9,15H,7H2,1-2H3,(H2,14,16). The molecule has 0 bridgehead atoms. The molecule has 0 aliphatic heterocycles. The Morgan fingerprint density at radius 1 is 1.50 bits per heavy atom. The summed E-state index contributed by atoms with van der Waals surface area (Å²) in [6.45, 7) is 4.62. The van der Waals surface area contributed by atoms with E-state index in [1.54, 1.807) is 6.92 Å². The number of benzene rings is 1. The van der Waals surface area contributed by atoms with E-state index in [0.29, 0.717) is 5.92 Å². The van der Waals surface area contributed by atoms with Crippen LogP contribution in [0.3, 0.4) is 0 Å². The predicted molar refractivity (Wildman–Crippen MR) is 69.2 cm³/mol. The molecular weight excluding hydrogens is 268 g/mol. The molecule has 1 rings (SSSR count). The van der Waals surface area contributed by atoms with Crippen LogP contribution in [0.1, 0.15) is 25.3 Å². The normalized spacial score (nSPS) is 14.4. The smallest absolute Gasteiger partial charge is 0.234 e. The number of nitrogens with two attached hydrogens (primary N) is 1. The van der Waals surface area contributed by atoms with E-state index in [0.717, 1.165) is 11.0 Å². The van der Waals surface area contributed by atoms with Gasteiger partial charge in [-0.15, -0.1) is 0 Å². The van der Waals surface area contributed by atoms with Gasteiger partial charge in [0.2, 0.25) is 5.91 Å². The average Bonchev–Trinajstić information content (AvgIpc) is 2.25. The Balaban J connectivity index is 2.52. The third-order valence-corrected chi connectivity index (χ3v) is 3.07. The van der Waals surface area contributed by atoms with Gasteiger partial charge in [0.05, 0.1) is 6.04 Å². The third-order valence-electron chi connectivity index (χ3n) is 2.57. The lowest BCUT2D eigenvalue weighted by Crippen LogP contribution is -2.40. The monoisotopic (exact) mass is 284 g/mol. The van der Waals surface area contributed by atoms with Crippen molar-refractivity contribution in [1.29, 1.82) is 0 Å². The van der Waals surface area contributed by atoms with Crippen LogP contribution < -0.4 is 11.1 Å². The van der Waals surface area contributed by atoms with Gasteiger partial charge in [-0.3, -0.25) is 4.79 Å². The Labute approximate surface area is 105 Å². The number of hydrogen-bond acceptors (Lipinski definition) is 2. The summed E-state index contributed by atoms with van der Waals surface area (Å²) >= 11 is 3.44. The maximum absolute atomic E-state index is 10.9. The van der Waals surface area contributed by atoms with E-state index >= 15 is 0 Å². The Kier molecular flexibility index (Phi) is 4.96. The van der Waals surface area contributed by atoms with Crippen molar-refractivity contribution in [2.75, 3.05) is 6.54 Å². The van der Waals surface area contributed by atoms with Crippen LogP contribution in [0.2, 0.25) is 0 Å². The van der Waals surface area contributed by atoms with Gasteiger partial charge in [-0.25, -0.2) is 0 Å². The second-order valence-corrected chi connectivity index (χ2v) is 4.90. The third kappa shape index (κ3) is 3.94. The molecule has 3 nitrogen and oxygen atoms in total. The largest absolute Gasteiger partial charge is 0.368 e. The molecule has 0 spiro atoms. The Hall–Kier alpha value is -0.870. The summed E-state index contributed by atoms with van der Waals surface area (Å²) in [5.74, 6) is 0.0285. The van der Waals surface area contributed by atoms with Gasteiger partial charge >= 0.3 is 0 Å². The number of primary amides is 1. The molecule has 2 unspecified atom stereocenters. The summed E-state index contributed by atoms with van der Waals surface area (Å²) in [5, 5.41) is 3.11. The molecule has 0 aliphatic rings. The second-order valence-electron chi connectivity index (χ2n) is 3.99. The second kappa shape index (κ2) is 6.01. The molecule has 0 radical (unpaired) electrons. The van der Waals surface area contributed by atoms with Gasteiger partial charge in [-0.05, 0) is 30.5 Å². The highest BCUT2D eigenvalue weighted by Crippen LogP contribution is 2.19. The minimum Gasteiger partial charge on any atom is -0.368 e. The number of nitrogens with one attached hydrogen (secondary N) is 1. The maximum atomic E-state index is 10.9. The lowest BCUT2D eigenvalue weighted by molar-refractivity contribution is -0.119. The van der Waals surface area contributed by atoms with Crippen molar-refractivity contribution in [2.45, 2.75) is 25.8 Å². The molecule has 0 aromatic heterocycles. The summed E-state index contributed by atoms with van der Waals surface area (Å²) in [7, 11) is 0. The van der Waals surface area contributed by atoms with E-state index in [9.17, 15) is 4.79 Å². The molecule has 0 aliphatic carbocycles. The highest BCUT2D eigenvalue weighted by atomic mass is 79.9. The summed E-state index contributed by atoms with van der Waals surface area (Å²) in [6, 6.07) is 7.88. The zero-order valence-electron chi connectivity index (χ0n) is 9.53. The molecule has 88 valence electrons. The van der Waals surface area contributed by atoms with E-state index < -0.39 is 0 Å². The highest BCUT2D eigenvalue weighted by molar-refractivity contribution is 9.10. The molecule has 3 N–H and O–H groups in total. The number of carbonyl (C=O) groups is 1. The first-order valence-corrected chi connectivity index (χ1v) is 6.08. The summed E-state index contributed by atoms with van der Waals surface area (Å²) in [6.07, 6.45) is 0. The van der Waals surface area contributed by atoms with Gasteiger partial charge < -0.3 is 11.1 Å². The average molecular weight is 285 g/mol. The van der Waals surface area contributed by atoms with Crippen LogP contribution in [-0.4, -0.2) is 18.5 Å². The number of rotatable bonds is 5. The van der Waals surface area contributed by atoms with Gasteiger partial charge in [0.15, 0.2) is 0 Å². The van der Waals surface area contributed by atoms with Crippen LogP contribution >= 0.6 is 15.9 Å². The fourth-order valence-electron chi connectivity index (χ4n) is 1.39.